The molecule has 234 valence electrons. The van der Waals surface area contributed by atoms with Crippen LogP contribution in [0.15, 0.2) is 22.4 Å². The summed E-state index contributed by atoms with van der Waals surface area (Å²) >= 11 is 12.5. The van der Waals surface area contributed by atoms with E-state index < -0.39 is 35.6 Å². The number of carbonyl (C=O) groups excluding carboxylic acids is 1. The lowest BCUT2D eigenvalue weighted by Gasteiger charge is -2.28. The first-order valence-electron chi connectivity index (χ1n) is 13.4. The summed E-state index contributed by atoms with van der Waals surface area (Å²) < 4.78 is 69.8. The number of carbonyl (C=O) groups is 1. The molecule has 1 aromatic carbocycles. The Morgan fingerprint density at radius 1 is 0.927 bits per heavy atom. The van der Waals surface area contributed by atoms with Crippen molar-refractivity contribution in [1.29, 1.82) is 0 Å². The second-order valence-electron chi connectivity index (χ2n) is 9.81. The molecular weight excluding hydrogens is 636 g/mol. The molecule has 0 aliphatic heterocycles. The average molecular weight is 677 g/mol. The van der Waals surface area contributed by atoms with Crippen molar-refractivity contribution in [2.45, 2.75) is 70.1 Å². The molecule has 0 atom stereocenters. The van der Waals surface area contributed by atoms with Gasteiger partial charge in [-0.3, -0.25) is 4.57 Å². The SMILES string of the molecule is CCOP(=O)(CN(C(=O)OC(C)(C)C)S(=O)(=O)c1cc2cc(OCCCCCl)c(OCCCCCl)cc2s1)OCC. The van der Waals surface area contributed by atoms with E-state index in [1.54, 1.807) is 46.8 Å². The first-order chi connectivity index (χ1) is 19.3. The number of nitrogens with zero attached hydrogens (tertiary/aromatic N) is 1. The first kappa shape index (κ1) is 35.9. The van der Waals surface area contributed by atoms with Gasteiger partial charge in [-0.05, 0) is 77.8 Å². The van der Waals surface area contributed by atoms with E-state index in [1.165, 1.54) is 6.07 Å². The summed E-state index contributed by atoms with van der Waals surface area (Å²) in [6.45, 7) is 8.78. The van der Waals surface area contributed by atoms with E-state index in [0.717, 1.165) is 37.0 Å². The molecule has 0 spiro atoms. The van der Waals surface area contributed by atoms with Crippen molar-refractivity contribution in [3.8, 4) is 11.5 Å². The Morgan fingerprint density at radius 2 is 1.46 bits per heavy atom. The van der Waals surface area contributed by atoms with E-state index in [-0.39, 0.29) is 17.4 Å². The molecule has 1 heterocycles. The molecule has 0 aliphatic carbocycles. The third-order valence-corrected chi connectivity index (χ3v) is 11.1. The molecule has 10 nitrogen and oxygen atoms in total. The van der Waals surface area contributed by atoms with E-state index in [4.69, 9.17) is 46.5 Å². The van der Waals surface area contributed by atoms with Crippen LogP contribution in [0.2, 0.25) is 0 Å². The molecule has 0 saturated heterocycles. The molecular formula is C26H40Cl2NO9PS2. The van der Waals surface area contributed by atoms with Crippen molar-refractivity contribution < 1.29 is 41.0 Å². The fraction of sp³-hybridized carbons (Fsp3) is 0.654. The van der Waals surface area contributed by atoms with Crippen molar-refractivity contribution in [3.63, 3.8) is 0 Å². The predicted molar refractivity (Wildman–Crippen MR) is 164 cm³/mol. The van der Waals surface area contributed by atoms with Crippen LogP contribution >= 0.6 is 42.1 Å². The molecule has 0 aliphatic rings. The Bertz CT molecular complexity index is 1220. The lowest BCUT2D eigenvalue weighted by molar-refractivity contribution is 0.0399. The molecule has 2 rings (SSSR count). The monoisotopic (exact) mass is 675 g/mol. The summed E-state index contributed by atoms with van der Waals surface area (Å²) in [4.78, 5) is 13.2. The Hall–Kier alpha value is -1.27. The molecule has 0 fully saturated rings. The summed E-state index contributed by atoms with van der Waals surface area (Å²) in [6, 6.07) is 4.84. The number of rotatable bonds is 18. The van der Waals surface area contributed by atoms with Gasteiger partial charge in [0.15, 0.2) is 11.5 Å². The van der Waals surface area contributed by atoms with Gasteiger partial charge in [0.2, 0.25) is 0 Å². The maximum Gasteiger partial charge on any atom is 0.424 e. The van der Waals surface area contributed by atoms with Crippen molar-refractivity contribution in [3.05, 3.63) is 18.2 Å². The number of ether oxygens (including phenoxy) is 3. The van der Waals surface area contributed by atoms with E-state index in [2.05, 4.69) is 0 Å². The number of fused-ring (bicyclic) bond motifs is 1. The zero-order valence-corrected chi connectivity index (χ0v) is 28.2. The van der Waals surface area contributed by atoms with Crippen LogP contribution < -0.4 is 9.47 Å². The lowest BCUT2D eigenvalue weighted by Crippen LogP contribution is -2.41. The van der Waals surface area contributed by atoms with Crippen LogP contribution in [0.1, 0.15) is 60.3 Å². The van der Waals surface area contributed by atoms with Crippen LogP contribution in [0.3, 0.4) is 0 Å². The Morgan fingerprint density at radius 3 is 1.95 bits per heavy atom. The van der Waals surface area contributed by atoms with Gasteiger partial charge in [-0.25, -0.2) is 4.79 Å². The number of thiophene rings is 1. The topological polar surface area (TPSA) is 118 Å². The van der Waals surface area contributed by atoms with Gasteiger partial charge in [0.05, 0.1) is 26.4 Å². The Balaban J connectivity index is 2.54. The van der Waals surface area contributed by atoms with Crippen LogP contribution in [0.4, 0.5) is 4.79 Å². The number of benzene rings is 1. The predicted octanol–water partition coefficient (Wildman–Crippen LogP) is 7.85. The zero-order valence-electron chi connectivity index (χ0n) is 24.2. The van der Waals surface area contributed by atoms with Crippen molar-refractivity contribution in [1.82, 2.24) is 4.31 Å². The molecule has 2 aromatic rings. The van der Waals surface area contributed by atoms with Crippen molar-refractivity contribution in [2.75, 3.05) is 44.5 Å². The van der Waals surface area contributed by atoms with Crippen LogP contribution in [0, 0.1) is 0 Å². The number of hydrogen-bond acceptors (Lipinski definition) is 10. The van der Waals surface area contributed by atoms with E-state index in [1.807, 2.05) is 0 Å². The van der Waals surface area contributed by atoms with Crippen LogP contribution in [-0.4, -0.2) is 68.9 Å². The third-order valence-electron chi connectivity index (χ3n) is 5.23. The van der Waals surface area contributed by atoms with Gasteiger partial charge in [-0.1, -0.05) is 0 Å². The molecule has 1 aromatic heterocycles. The van der Waals surface area contributed by atoms with Crippen LogP contribution in [-0.2, 0) is 28.4 Å². The van der Waals surface area contributed by atoms with E-state index >= 15 is 0 Å². The average Bonchev–Trinajstić information content (AvgIpc) is 3.30. The second kappa shape index (κ2) is 16.5. The number of alkyl halides is 2. The first-order valence-corrected chi connectivity index (χ1v) is 18.4. The minimum Gasteiger partial charge on any atom is -0.490 e. The number of amides is 1. The zero-order chi connectivity index (χ0) is 30.7. The summed E-state index contributed by atoms with van der Waals surface area (Å²) in [5.41, 5.74) is -1.02. The fourth-order valence-corrected chi connectivity index (χ4v) is 8.81. The maximum absolute atomic E-state index is 13.9. The van der Waals surface area contributed by atoms with Gasteiger partial charge < -0.3 is 23.3 Å². The summed E-state index contributed by atoms with van der Waals surface area (Å²) in [5, 5.41) is 0.566. The van der Waals surface area contributed by atoms with E-state index in [9.17, 15) is 17.8 Å². The van der Waals surface area contributed by atoms with Crippen molar-refractivity contribution in [2.24, 2.45) is 0 Å². The van der Waals surface area contributed by atoms with Crippen molar-refractivity contribution >= 4 is 68.3 Å². The molecule has 15 heteroatoms. The summed E-state index contributed by atoms with van der Waals surface area (Å²) in [7, 11) is -8.55. The number of unbranched alkanes of at least 4 members (excludes halogenated alkanes) is 2. The lowest BCUT2D eigenvalue weighted by atomic mass is 10.2. The van der Waals surface area contributed by atoms with E-state index in [0.29, 0.717) is 50.9 Å². The quantitative estimate of drug-likeness (QED) is 0.0884. The highest BCUT2D eigenvalue weighted by molar-refractivity contribution is 7.92. The Labute approximate surface area is 257 Å². The standard InChI is InChI=1S/C26H40Cl2NO9PS2/c1-6-36-39(31,37-7-2)19-29(25(30)38-26(3,4)5)41(32,33)24-17-20-16-21(34-14-10-8-12-27)22(18-23(20)40-24)35-15-11-9-13-28/h16-18H,6-15,19H2,1-5H3. The molecule has 0 unspecified atom stereocenters. The van der Waals surface area contributed by atoms with Crippen LogP contribution in [0.25, 0.3) is 10.1 Å². The molecule has 0 N–H and O–H groups in total. The van der Waals surface area contributed by atoms with Crippen LogP contribution in [0.5, 0.6) is 11.5 Å². The minimum absolute atomic E-state index is 0.0102. The fourth-order valence-electron chi connectivity index (χ4n) is 3.46. The number of sulfonamides is 1. The number of hydrogen-bond donors (Lipinski definition) is 0. The maximum atomic E-state index is 13.9. The Kier molecular flexibility index (Phi) is 14.5. The smallest absolute Gasteiger partial charge is 0.424 e. The highest BCUT2D eigenvalue weighted by Gasteiger charge is 2.41. The normalized spacial score (nSPS) is 12.5. The molecule has 0 bridgehead atoms. The highest BCUT2D eigenvalue weighted by Crippen LogP contribution is 2.50. The highest BCUT2D eigenvalue weighted by atomic mass is 35.5. The van der Waals surface area contributed by atoms with Gasteiger partial charge in [-0.2, -0.15) is 12.7 Å². The second-order valence-corrected chi connectivity index (χ2v) is 15.8. The van der Waals surface area contributed by atoms with Gasteiger partial charge in [-0.15, -0.1) is 34.5 Å². The van der Waals surface area contributed by atoms with Gasteiger partial charge in [0.1, 0.15) is 16.1 Å². The summed E-state index contributed by atoms with van der Waals surface area (Å²) in [5.74, 6) is 1.96. The van der Waals surface area contributed by atoms with Gasteiger partial charge in [0.25, 0.3) is 10.0 Å². The minimum atomic E-state index is -4.54. The number of halogens is 2. The third kappa shape index (κ3) is 11.1. The van der Waals surface area contributed by atoms with Gasteiger partial charge >= 0.3 is 13.7 Å². The van der Waals surface area contributed by atoms with Gasteiger partial charge in [0, 0.05) is 22.5 Å². The molecule has 0 saturated carbocycles. The molecule has 41 heavy (non-hydrogen) atoms. The largest absolute Gasteiger partial charge is 0.490 e. The summed E-state index contributed by atoms with van der Waals surface area (Å²) in [6.07, 6.45) is 1.00. The molecule has 1 amide bonds. The molecule has 0 radical (unpaired) electrons.